The molecule has 0 atom stereocenters. The van der Waals surface area contributed by atoms with Gasteiger partial charge in [-0.2, -0.15) is 5.10 Å². The predicted molar refractivity (Wildman–Crippen MR) is 68.5 cm³/mol. The summed E-state index contributed by atoms with van der Waals surface area (Å²) in [5.41, 5.74) is 2.62. The van der Waals surface area contributed by atoms with Crippen molar-refractivity contribution in [3.63, 3.8) is 0 Å². The molecule has 0 saturated carbocycles. The Kier molecular flexibility index (Phi) is 3.71. The summed E-state index contributed by atoms with van der Waals surface area (Å²) in [6.07, 6.45) is 0. The Labute approximate surface area is 109 Å². The van der Waals surface area contributed by atoms with Crippen LogP contribution in [0.4, 0.5) is 0 Å². The minimum Gasteiger partial charge on any atom is -0.346 e. The molecule has 7 heteroatoms. The van der Waals surface area contributed by atoms with Crippen molar-refractivity contribution in [2.75, 3.05) is 0 Å². The second-order valence-corrected chi connectivity index (χ2v) is 4.72. The van der Waals surface area contributed by atoms with Gasteiger partial charge in [0, 0.05) is 6.54 Å². The number of nitrogens with one attached hydrogen (secondary N) is 1. The topological polar surface area (TPSA) is 72.7 Å². The summed E-state index contributed by atoms with van der Waals surface area (Å²) >= 11 is 1.11. The Bertz CT molecular complexity index is 560. The molecule has 1 N–H and O–H groups in total. The van der Waals surface area contributed by atoms with Gasteiger partial charge in [-0.1, -0.05) is 4.49 Å². The van der Waals surface area contributed by atoms with Crippen LogP contribution in [0.5, 0.6) is 0 Å². The van der Waals surface area contributed by atoms with Gasteiger partial charge in [-0.05, 0) is 38.4 Å². The fraction of sp³-hybridized carbons (Fsp3) is 0.455. The summed E-state index contributed by atoms with van der Waals surface area (Å²) in [5, 5.41) is 11.0. The fourth-order valence-corrected chi connectivity index (χ4v) is 2.28. The Morgan fingerprint density at radius 3 is 2.89 bits per heavy atom. The molecular weight excluding hydrogens is 250 g/mol. The maximum absolute atomic E-state index is 11.9. The molecule has 0 radical (unpaired) electrons. The molecule has 0 aliphatic heterocycles. The molecule has 1 amide bonds. The zero-order valence-corrected chi connectivity index (χ0v) is 11.4. The lowest BCUT2D eigenvalue weighted by Crippen LogP contribution is -2.24. The van der Waals surface area contributed by atoms with E-state index in [1.807, 2.05) is 24.6 Å². The van der Waals surface area contributed by atoms with E-state index in [0.29, 0.717) is 17.1 Å². The molecule has 0 spiro atoms. The van der Waals surface area contributed by atoms with Gasteiger partial charge in [0.2, 0.25) is 0 Å². The first kappa shape index (κ1) is 12.7. The third kappa shape index (κ3) is 2.56. The molecule has 0 bridgehead atoms. The summed E-state index contributed by atoms with van der Waals surface area (Å²) in [6, 6.07) is 1.97. The highest BCUT2D eigenvalue weighted by Crippen LogP contribution is 2.09. The van der Waals surface area contributed by atoms with Crippen molar-refractivity contribution in [3.05, 3.63) is 28.0 Å². The molecule has 0 aliphatic carbocycles. The Morgan fingerprint density at radius 1 is 1.50 bits per heavy atom. The van der Waals surface area contributed by atoms with E-state index < -0.39 is 0 Å². The van der Waals surface area contributed by atoms with Crippen LogP contribution in [-0.4, -0.2) is 25.3 Å². The van der Waals surface area contributed by atoms with E-state index in [1.165, 1.54) is 0 Å². The van der Waals surface area contributed by atoms with Crippen molar-refractivity contribution in [2.24, 2.45) is 0 Å². The smallest absolute Gasteiger partial charge is 0.265 e. The van der Waals surface area contributed by atoms with Crippen molar-refractivity contribution >= 4 is 17.4 Å². The summed E-state index contributed by atoms with van der Waals surface area (Å²) < 4.78 is 5.63. The highest BCUT2D eigenvalue weighted by atomic mass is 32.1. The second kappa shape index (κ2) is 5.26. The number of nitrogens with zero attached hydrogens (tertiary/aromatic N) is 4. The number of aromatic nitrogens is 4. The second-order valence-electron chi connectivity index (χ2n) is 3.96. The summed E-state index contributed by atoms with van der Waals surface area (Å²) in [6.45, 7) is 6.99. The molecule has 18 heavy (non-hydrogen) atoms. The molecule has 0 aromatic carbocycles. The first-order valence-electron chi connectivity index (χ1n) is 5.72. The Hall–Kier alpha value is -1.76. The maximum Gasteiger partial charge on any atom is 0.265 e. The summed E-state index contributed by atoms with van der Waals surface area (Å²) in [7, 11) is 0. The fourth-order valence-electron chi connectivity index (χ4n) is 1.71. The SMILES string of the molecule is CCn1nc(C)cc1CNC(=O)c1snnc1C. The number of carbonyl (C=O) groups excluding carboxylic acids is 1. The lowest BCUT2D eigenvalue weighted by Gasteiger charge is -2.05. The van der Waals surface area contributed by atoms with Crippen LogP contribution in [0.3, 0.4) is 0 Å². The first-order chi connectivity index (χ1) is 8.61. The normalized spacial score (nSPS) is 10.6. The van der Waals surface area contributed by atoms with Crippen LogP contribution in [0.1, 0.15) is 33.7 Å². The zero-order valence-electron chi connectivity index (χ0n) is 10.6. The van der Waals surface area contributed by atoms with Gasteiger partial charge in [0.1, 0.15) is 4.88 Å². The van der Waals surface area contributed by atoms with E-state index in [9.17, 15) is 4.79 Å². The van der Waals surface area contributed by atoms with Crippen molar-refractivity contribution in [1.29, 1.82) is 0 Å². The van der Waals surface area contributed by atoms with Crippen LogP contribution in [0, 0.1) is 13.8 Å². The highest BCUT2D eigenvalue weighted by molar-refractivity contribution is 7.07. The van der Waals surface area contributed by atoms with Crippen LogP contribution in [0.25, 0.3) is 0 Å². The van der Waals surface area contributed by atoms with Gasteiger partial charge in [0.15, 0.2) is 0 Å². The number of rotatable bonds is 4. The monoisotopic (exact) mass is 265 g/mol. The Balaban J connectivity index is 2.03. The number of hydrogen-bond donors (Lipinski definition) is 1. The molecule has 0 aliphatic rings. The minimum atomic E-state index is -0.135. The van der Waals surface area contributed by atoms with Gasteiger partial charge in [-0.15, -0.1) is 5.10 Å². The predicted octanol–water partition coefficient (Wildman–Crippen LogP) is 1.30. The Morgan fingerprint density at radius 2 is 2.28 bits per heavy atom. The van der Waals surface area contributed by atoms with Crippen LogP contribution in [0.2, 0.25) is 0 Å². The largest absolute Gasteiger partial charge is 0.346 e. The highest BCUT2D eigenvalue weighted by Gasteiger charge is 2.13. The van der Waals surface area contributed by atoms with Gasteiger partial charge in [-0.3, -0.25) is 9.48 Å². The summed E-state index contributed by atoms with van der Waals surface area (Å²) in [4.78, 5) is 12.5. The third-order valence-corrected chi connectivity index (χ3v) is 3.40. The van der Waals surface area contributed by atoms with Crippen molar-refractivity contribution in [2.45, 2.75) is 33.9 Å². The zero-order chi connectivity index (χ0) is 13.1. The van der Waals surface area contributed by atoms with Crippen LogP contribution in [-0.2, 0) is 13.1 Å². The molecule has 2 heterocycles. The van der Waals surface area contributed by atoms with E-state index in [4.69, 9.17) is 0 Å². The van der Waals surface area contributed by atoms with E-state index in [1.54, 1.807) is 6.92 Å². The van der Waals surface area contributed by atoms with E-state index in [2.05, 4.69) is 20.0 Å². The number of aryl methyl sites for hydroxylation is 3. The molecule has 0 fully saturated rings. The number of hydrogen-bond acceptors (Lipinski definition) is 5. The molecule has 6 nitrogen and oxygen atoms in total. The average molecular weight is 265 g/mol. The van der Waals surface area contributed by atoms with E-state index in [-0.39, 0.29) is 5.91 Å². The van der Waals surface area contributed by atoms with Gasteiger partial charge >= 0.3 is 0 Å². The first-order valence-corrected chi connectivity index (χ1v) is 6.49. The van der Waals surface area contributed by atoms with Crippen molar-refractivity contribution < 1.29 is 4.79 Å². The third-order valence-electron chi connectivity index (χ3n) is 2.57. The summed E-state index contributed by atoms with van der Waals surface area (Å²) in [5.74, 6) is -0.135. The quantitative estimate of drug-likeness (QED) is 0.904. The average Bonchev–Trinajstić information content (AvgIpc) is 2.92. The van der Waals surface area contributed by atoms with E-state index in [0.717, 1.165) is 29.5 Å². The molecule has 2 aromatic rings. The molecule has 96 valence electrons. The van der Waals surface area contributed by atoms with Crippen LogP contribution in [0.15, 0.2) is 6.07 Å². The molecule has 0 unspecified atom stereocenters. The van der Waals surface area contributed by atoms with Crippen molar-refractivity contribution in [1.82, 2.24) is 24.7 Å². The van der Waals surface area contributed by atoms with E-state index >= 15 is 0 Å². The molecule has 0 saturated heterocycles. The molecule has 2 rings (SSSR count). The minimum absolute atomic E-state index is 0.135. The number of carbonyl (C=O) groups is 1. The molecular formula is C11H15N5OS. The van der Waals surface area contributed by atoms with Gasteiger partial charge in [0.05, 0.1) is 23.6 Å². The van der Waals surface area contributed by atoms with Crippen LogP contribution < -0.4 is 5.32 Å². The maximum atomic E-state index is 11.9. The van der Waals surface area contributed by atoms with Crippen LogP contribution >= 0.6 is 11.5 Å². The number of amides is 1. The lowest BCUT2D eigenvalue weighted by atomic mass is 10.3. The van der Waals surface area contributed by atoms with Gasteiger partial charge in [-0.25, -0.2) is 0 Å². The van der Waals surface area contributed by atoms with Crippen molar-refractivity contribution in [3.8, 4) is 0 Å². The van der Waals surface area contributed by atoms with Gasteiger partial charge < -0.3 is 5.32 Å². The van der Waals surface area contributed by atoms with Gasteiger partial charge in [0.25, 0.3) is 5.91 Å². The standard InChI is InChI=1S/C11H15N5OS/c1-4-16-9(5-7(2)14-16)6-12-11(17)10-8(3)13-15-18-10/h5H,4,6H2,1-3H3,(H,12,17). The lowest BCUT2D eigenvalue weighted by molar-refractivity contribution is 0.0953. The molecule has 2 aromatic heterocycles.